The molecule has 2 aromatic rings. The van der Waals surface area contributed by atoms with Gasteiger partial charge in [0.05, 0.1) is 17.4 Å². The highest BCUT2D eigenvalue weighted by Crippen LogP contribution is 2.20. The summed E-state index contributed by atoms with van der Waals surface area (Å²) in [6.07, 6.45) is 2.16. The molecule has 1 aliphatic rings. The molecular weight excluding hydrogens is 374 g/mol. The number of H-pyrrole nitrogens is 1. The molecule has 0 aliphatic carbocycles. The second kappa shape index (κ2) is 9.05. The van der Waals surface area contributed by atoms with E-state index < -0.39 is 12.6 Å². The number of ether oxygens (including phenoxy) is 3. The zero-order valence-electron chi connectivity index (χ0n) is 16.9. The van der Waals surface area contributed by atoms with Gasteiger partial charge in [-0.15, -0.1) is 0 Å². The molecular formula is C22H25NO6. The third-order valence-electron chi connectivity index (χ3n) is 4.95. The van der Waals surface area contributed by atoms with Gasteiger partial charge in [0.25, 0.3) is 0 Å². The Balaban J connectivity index is 1.54. The van der Waals surface area contributed by atoms with E-state index in [1.165, 1.54) is 6.92 Å². The van der Waals surface area contributed by atoms with Crippen molar-refractivity contribution in [1.82, 2.24) is 4.98 Å². The molecule has 154 valence electrons. The van der Waals surface area contributed by atoms with E-state index in [-0.39, 0.29) is 17.7 Å². The predicted octanol–water partition coefficient (Wildman–Crippen LogP) is 3.43. The summed E-state index contributed by atoms with van der Waals surface area (Å²) in [4.78, 5) is 39.2. The average molecular weight is 399 g/mol. The summed E-state index contributed by atoms with van der Waals surface area (Å²) in [5.41, 5.74) is 2.31. The number of rotatable bonds is 8. The molecule has 3 rings (SSSR count). The first-order valence-corrected chi connectivity index (χ1v) is 9.61. The molecule has 1 saturated heterocycles. The van der Waals surface area contributed by atoms with Gasteiger partial charge in [-0.25, -0.2) is 4.79 Å². The summed E-state index contributed by atoms with van der Waals surface area (Å²) < 4.78 is 16.3. The minimum atomic E-state index is -0.600. The van der Waals surface area contributed by atoms with Gasteiger partial charge >= 0.3 is 5.97 Å². The van der Waals surface area contributed by atoms with Crippen molar-refractivity contribution < 1.29 is 28.6 Å². The Hall–Kier alpha value is -2.93. The highest BCUT2D eigenvalue weighted by Gasteiger charge is 2.21. The Bertz CT molecular complexity index is 906. The Kier molecular flexibility index (Phi) is 6.49. The maximum atomic E-state index is 12.4. The number of esters is 1. The van der Waals surface area contributed by atoms with Gasteiger partial charge in [-0.3, -0.25) is 9.59 Å². The first-order valence-electron chi connectivity index (χ1n) is 9.61. The number of hydrogen-bond donors (Lipinski definition) is 1. The van der Waals surface area contributed by atoms with Gasteiger partial charge in [0.2, 0.25) is 5.78 Å². The van der Waals surface area contributed by atoms with Gasteiger partial charge in [0.15, 0.2) is 12.4 Å². The van der Waals surface area contributed by atoms with Crippen LogP contribution >= 0.6 is 0 Å². The Morgan fingerprint density at radius 3 is 2.48 bits per heavy atom. The number of aromatic amines is 1. The molecule has 29 heavy (non-hydrogen) atoms. The normalized spacial score (nSPS) is 15.9. The van der Waals surface area contributed by atoms with Gasteiger partial charge in [-0.1, -0.05) is 0 Å². The molecule has 1 aromatic heterocycles. The van der Waals surface area contributed by atoms with Crippen LogP contribution in [0.3, 0.4) is 0 Å². The zero-order chi connectivity index (χ0) is 21.0. The van der Waals surface area contributed by atoms with E-state index in [2.05, 4.69) is 4.98 Å². The molecule has 0 bridgehead atoms. The van der Waals surface area contributed by atoms with Crippen molar-refractivity contribution in [3.63, 3.8) is 0 Å². The zero-order valence-corrected chi connectivity index (χ0v) is 16.9. The topological polar surface area (TPSA) is 94.7 Å². The minimum absolute atomic E-state index is 0.117. The number of ketones is 2. The predicted molar refractivity (Wildman–Crippen MR) is 106 cm³/mol. The summed E-state index contributed by atoms with van der Waals surface area (Å²) in [6, 6.07) is 6.56. The van der Waals surface area contributed by atoms with Crippen molar-refractivity contribution in [3.05, 3.63) is 52.3 Å². The summed E-state index contributed by atoms with van der Waals surface area (Å²) >= 11 is 0. The molecule has 7 nitrogen and oxygen atoms in total. The van der Waals surface area contributed by atoms with Gasteiger partial charge in [0.1, 0.15) is 12.4 Å². The SMILES string of the molecule is CC(=O)c1c(C)[nH]c(C(=O)COC(=O)c2ccc(OCC3CCCO3)cc2)c1C. The van der Waals surface area contributed by atoms with Crippen LogP contribution in [0.4, 0.5) is 0 Å². The molecule has 2 heterocycles. The van der Waals surface area contributed by atoms with E-state index in [0.29, 0.717) is 40.4 Å². The first-order chi connectivity index (χ1) is 13.9. The minimum Gasteiger partial charge on any atom is -0.491 e. The molecule has 1 atom stereocenters. The van der Waals surface area contributed by atoms with E-state index in [1.54, 1.807) is 38.1 Å². The fourth-order valence-electron chi connectivity index (χ4n) is 3.50. The van der Waals surface area contributed by atoms with Crippen molar-refractivity contribution in [2.45, 2.75) is 39.7 Å². The van der Waals surface area contributed by atoms with Gasteiger partial charge in [-0.05, 0) is 63.4 Å². The number of aryl methyl sites for hydroxylation is 1. The number of benzene rings is 1. The van der Waals surface area contributed by atoms with Crippen LogP contribution in [0.25, 0.3) is 0 Å². The van der Waals surface area contributed by atoms with Crippen LogP contribution in [0.5, 0.6) is 5.75 Å². The lowest BCUT2D eigenvalue weighted by Crippen LogP contribution is -2.16. The maximum Gasteiger partial charge on any atom is 0.338 e. The van der Waals surface area contributed by atoms with Gasteiger partial charge in [-0.2, -0.15) is 0 Å². The fraction of sp³-hybridized carbons (Fsp3) is 0.409. The van der Waals surface area contributed by atoms with Crippen LogP contribution in [0.1, 0.15) is 62.2 Å². The number of carbonyl (C=O) groups is 3. The summed E-state index contributed by atoms with van der Waals surface area (Å²) in [5, 5.41) is 0. The number of aromatic nitrogens is 1. The number of nitrogens with one attached hydrogen (secondary N) is 1. The lowest BCUT2D eigenvalue weighted by Gasteiger charge is -2.11. The molecule has 1 fully saturated rings. The first kappa shape index (κ1) is 20.8. The highest BCUT2D eigenvalue weighted by molar-refractivity contribution is 6.04. The van der Waals surface area contributed by atoms with Gasteiger partial charge < -0.3 is 19.2 Å². The second-order valence-electron chi connectivity index (χ2n) is 7.15. The smallest absolute Gasteiger partial charge is 0.338 e. The van der Waals surface area contributed by atoms with E-state index in [0.717, 1.165) is 19.4 Å². The van der Waals surface area contributed by atoms with Crippen LogP contribution in [-0.2, 0) is 9.47 Å². The number of carbonyl (C=O) groups excluding carboxylic acids is 3. The average Bonchev–Trinajstić information content (AvgIpc) is 3.32. The van der Waals surface area contributed by atoms with E-state index in [1.807, 2.05) is 0 Å². The summed E-state index contributed by atoms with van der Waals surface area (Å²) in [5.74, 6) is -0.462. The molecule has 1 N–H and O–H groups in total. The molecule has 1 unspecified atom stereocenters. The number of Topliss-reactive ketones (excluding diaryl/α,β-unsaturated/α-hetero) is 2. The monoisotopic (exact) mass is 399 g/mol. The van der Waals surface area contributed by atoms with Crippen molar-refractivity contribution >= 4 is 17.5 Å². The molecule has 1 aliphatic heterocycles. The highest BCUT2D eigenvalue weighted by atomic mass is 16.5. The van der Waals surface area contributed by atoms with Crippen LogP contribution in [-0.4, -0.2) is 48.4 Å². The standard InChI is InChI=1S/C22H25NO6/c1-13-20(15(3)24)14(2)23-21(13)19(25)12-29-22(26)16-6-8-17(9-7-16)28-11-18-5-4-10-27-18/h6-9,18,23H,4-5,10-12H2,1-3H3. The summed E-state index contributed by atoms with van der Waals surface area (Å²) in [7, 11) is 0. The lowest BCUT2D eigenvalue weighted by molar-refractivity contribution is 0.0473. The van der Waals surface area contributed by atoms with Crippen molar-refractivity contribution in [2.75, 3.05) is 19.8 Å². The summed E-state index contributed by atoms with van der Waals surface area (Å²) in [6.45, 7) is 5.73. The third kappa shape index (κ3) is 4.92. The van der Waals surface area contributed by atoms with Gasteiger partial charge in [0, 0.05) is 17.9 Å². The Morgan fingerprint density at radius 1 is 1.17 bits per heavy atom. The van der Waals surface area contributed by atoms with Crippen molar-refractivity contribution in [2.24, 2.45) is 0 Å². The van der Waals surface area contributed by atoms with Crippen LogP contribution in [0.2, 0.25) is 0 Å². The van der Waals surface area contributed by atoms with Crippen molar-refractivity contribution in [3.8, 4) is 5.75 Å². The van der Waals surface area contributed by atoms with E-state index >= 15 is 0 Å². The third-order valence-corrected chi connectivity index (χ3v) is 4.95. The van der Waals surface area contributed by atoms with E-state index in [4.69, 9.17) is 14.2 Å². The van der Waals surface area contributed by atoms with Crippen LogP contribution in [0, 0.1) is 13.8 Å². The quantitative estimate of drug-likeness (QED) is 0.540. The molecule has 0 spiro atoms. The Labute approximate surface area is 169 Å². The molecule has 0 amide bonds. The maximum absolute atomic E-state index is 12.4. The van der Waals surface area contributed by atoms with Crippen molar-refractivity contribution in [1.29, 1.82) is 0 Å². The fourth-order valence-corrected chi connectivity index (χ4v) is 3.50. The molecule has 1 aromatic carbocycles. The Morgan fingerprint density at radius 2 is 1.90 bits per heavy atom. The second-order valence-corrected chi connectivity index (χ2v) is 7.15. The van der Waals surface area contributed by atoms with E-state index in [9.17, 15) is 14.4 Å². The molecule has 0 radical (unpaired) electrons. The molecule has 0 saturated carbocycles. The van der Waals surface area contributed by atoms with Crippen LogP contribution in [0.15, 0.2) is 24.3 Å². The largest absolute Gasteiger partial charge is 0.491 e. The lowest BCUT2D eigenvalue weighted by atomic mass is 10.1. The number of hydrogen-bond acceptors (Lipinski definition) is 6. The van der Waals surface area contributed by atoms with Crippen LogP contribution < -0.4 is 4.74 Å². The molecule has 7 heteroatoms.